The summed E-state index contributed by atoms with van der Waals surface area (Å²) in [6.45, 7) is 4.33. The Balaban J connectivity index is 0.808. The summed E-state index contributed by atoms with van der Waals surface area (Å²) in [6.07, 6.45) is -7.33. The van der Waals surface area contributed by atoms with Crippen LogP contribution in [0.4, 0.5) is 40.7 Å². The molecule has 27 heteroatoms. The van der Waals surface area contributed by atoms with Crippen molar-refractivity contribution in [2.45, 2.75) is 125 Å². The Kier molecular flexibility index (Phi) is 18.4. The van der Waals surface area contributed by atoms with Gasteiger partial charge in [0.25, 0.3) is 0 Å². The number of aromatic nitrogens is 6. The molecule has 2 saturated heterocycles. The molecule has 2 fully saturated rings. The molecule has 2 aliphatic heterocycles. The van der Waals surface area contributed by atoms with Gasteiger partial charge in [-0.1, -0.05) is 24.3 Å². The van der Waals surface area contributed by atoms with Crippen LogP contribution in [0.2, 0.25) is 0 Å². The summed E-state index contributed by atoms with van der Waals surface area (Å²) in [5.74, 6) is -0.662. The van der Waals surface area contributed by atoms with Gasteiger partial charge in [0.1, 0.15) is 23.7 Å². The van der Waals surface area contributed by atoms with Crippen molar-refractivity contribution in [1.82, 2.24) is 39.7 Å². The number of carbonyl (C=O) groups is 3. The molecule has 0 bridgehead atoms. The Morgan fingerprint density at radius 2 is 1.05 bits per heavy atom. The van der Waals surface area contributed by atoms with Crippen LogP contribution in [0.1, 0.15) is 72.2 Å². The lowest BCUT2D eigenvalue weighted by molar-refractivity contribution is -0.154. The van der Waals surface area contributed by atoms with E-state index in [4.69, 9.17) is 28.4 Å². The number of amides is 2. The summed E-state index contributed by atoms with van der Waals surface area (Å²) < 4.78 is 141. The van der Waals surface area contributed by atoms with Crippen LogP contribution in [-0.4, -0.2) is 132 Å². The number of ether oxygens (including phenoxy) is 6. The molecule has 2 amide bonds. The van der Waals surface area contributed by atoms with Crippen molar-refractivity contribution >= 4 is 61.9 Å². The number of benzene rings is 2. The molecule has 0 aliphatic carbocycles. The number of rotatable bonds is 18. The first kappa shape index (κ1) is 57.5. The van der Waals surface area contributed by atoms with Crippen molar-refractivity contribution in [3.05, 3.63) is 94.6 Å². The molecule has 0 radical (unpaired) electrons. The second-order valence-corrected chi connectivity index (χ2v) is 21.4. The third-order valence-electron chi connectivity index (χ3n) is 13.0. The molecule has 6 unspecified atom stereocenters. The molecule has 420 valence electrons. The quantitative estimate of drug-likeness (QED) is 0.0606. The van der Waals surface area contributed by atoms with Gasteiger partial charge in [0.05, 0.1) is 92.0 Å². The Morgan fingerprint density at radius 3 is 1.45 bits per heavy atom. The first-order chi connectivity index (χ1) is 37.1. The van der Waals surface area contributed by atoms with E-state index in [0.29, 0.717) is 60.6 Å². The maximum atomic E-state index is 13.9. The molecular weight excluding hydrogens is 1080 g/mol. The van der Waals surface area contributed by atoms with Gasteiger partial charge in [-0.2, -0.15) is 26.3 Å². The molecule has 0 saturated carbocycles. The SMILES string of the molecule is Cc1c(OCC(F)(F)F)ccnc1CS(=O)c1nc2c(C)cccc2n1C(=O)NCCC1CC(OC(=O)OC2CCOC(CCNC(=O)n3c(S(=O)Cc4nccc(OCC(F)(F)F)c4C)nc4c(C)cccc43)C2)CCO1. The monoisotopic (exact) mass is 1130 g/mol. The molecule has 2 N–H and O–H groups in total. The highest BCUT2D eigenvalue weighted by Gasteiger charge is 2.33. The summed E-state index contributed by atoms with van der Waals surface area (Å²) in [4.78, 5) is 58.3. The van der Waals surface area contributed by atoms with E-state index in [1.807, 2.05) is 0 Å². The van der Waals surface area contributed by atoms with Crippen LogP contribution >= 0.6 is 0 Å². The summed E-state index contributed by atoms with van der Waals surface area (Å²) in [5.41, 5.74) is 4.04. The number of alkyl halides is 6. The average molecular weight is 1140 g/mol. The van der Waals surface area contributed by atoms with E-state index in [-0.39, 0.29) is 82.1 Å². The normalized spacial score (nSPS) is 18.8. The van der Waals surface area contributed by atoms with E-state index in [1.54, 1.807) is 50.2 Å². The molecule has 4 aromatic heterocycles. The number of hydrogen-bond donors (Lipinski definition) is 2. The van der Waals surface area contributed by atoms with Crippen LogP contribution < -0.4 is 20.1 Å². The fourth-order valence-corrected chi connectivity index (χ4v) is 11.5. The number of carbonyl (C=O) groups excluding carboxylic acids is 3. The van der Waals surface area contributed by atoms with E-state index in [2.05, 4.69) is 30.6 Å². The van der Waals surface area contributed by atoms with Gasteiger partial charge in [-0.15, -0.1) is 0 Å². The number of hydrogen-bond acceptors (Lipinski definition) is 15. The van der Waals surface area contributed by atoms with Crippen LogP contribution in [0.3, 0.4) is 0 Å². The van der Waals surface area contributed by atoms with Gasteiger partial charge in [-0.3, -0.25) is 18.4 Å². The molecule has 6 aromatic rings. The van der Waals surface area contributed by atoms with E-state index < -0.39 is 89.8 Å². The second kappa shape index (κ2) is 25.0. The predicted octanol–water partition coefficient (Wildman–Crippen LogP) is 8.75. The third kappa shape index (κ3) is 14.5. The molecule has 0 spiro atoms. The van der Waals surface area contributed by atoms with Crippen molar-refractivity contribution in [1.29, 1.82) is 0 Å². The summed E-state index contributed by atoms with van der Waals surface area (Å²) >= 11 is 0. The maximum Gasteiger partial charge on any atom is 0.508 e. The van der Waals surface area contributed by atoms with Crippen LogP contribution in [-0.2, 0) is 52.1 Å². The van der Waals surface area contributed by atoms with Crippen molar-refractivity contribution in [2.75, 3.05) is 39.5 Å². The van der Waals surface area contributed by atoms with Gasteiger partial charge in [0.2, 0.25) is 10.3 Å². The molecule has 2 aromatic carbocycles. The van der Waals surface area contributed by atoms with Gasteiger partial charge in [-0.05, 0) is 75.9 Å². The van der Waals surface area contributed by atoms with Gasteiger partial charge in [-0.25, -0.2) is 33.5 Å². The molecule has 6 heterocycles. The Labute approximate surface area is 448 Å². The number of nitrogens with one attached hydrogen (secondary N) is 2. The number of fused-ring (bicyclic) bond motifs is 2. The highest BCUT2D eigenvalue weighted by molar-refractivity contribution is 7.84. The molecule has 19 nitrogen and oxygen atoms in total. The standard InChI is InChI=1S/C51H56F6N8O11S2/c1-29-7-5-9-39-43(29)62-47(77(69)25-37-31(3)41(13-19-58-37)73-27-50(52,53)54)64(39)45(66)60-17-11-33-23-35(15-21-71-33)75-49(68)76-36-16-22-72-34(24-36)12-18-61-46(67)65-40-10-6-8-30(2)44(40)63-48(65)78(70)26-38-32(4)42(14-20-59-38)74-28-51(55,56)57/h5-10,13-14,19-20,33-36H,11-12,15-18,21-28H2,1-4H3,(H,60,66)(H,61,67). The number of pyridine rings is 2. The van der Waals surface area contributed by atoms with E-state index in [0.717, 1.165) is 11.1 Å². The van der Waals surface area contributed by atoms with E-state index in [1.165, 1.54) is 47.5 Å². The lowest BCUT2D eigenvalue weighted by Crippen LogP contribution is -2.38. The number of halogens is 6. The summed E-state index contributed by atoms with van der Waals surface area (Å²) in [6, 6.07) is 11.7. The molecule has 78 heavy (non-hydrogen) atoms. The molecule has 2 aliphatic rings. The predicted molar refractivity (Wildman–Crippen MR) is 270 cm³/mol. The topological polar surface area (TPSA) is 226 Å². The zero-order chi connectivity index (χ0) is 55.9. The Bertz CT molecular complexity index is 3000. The minimum atomic E-state index is -4.57. The summed E-state index contributed by atoms with van der Waals surface area (Å²) in [5, 5.41) is 5.52. The van der Waals surface area contributed by atoms with Crippen LogP contribution in [0.25, 0.3) is 22.1 Å². The van der Waals surface area contributed by atoms with Gasteiger partial charge < -0.3 is 39.1 Å². The van der Waals surface area contributed by atoms with Crippen LogP contribution in [0.15, 0.2) is 71.2 Å². The molecule has 6 atom stereocenters. The van der Waals surface area contributed by atoms with Crippen molar-refractivity contribution < 1.29 is 77.6 Å². The van der Waals surface area contributed by atoms with E-state index in [9.17, 15) is 49.1 Å². The second-order valence-electron chi connectivity index (χ2n) is 18.7. The van der Waals surface area contributed by atoms with Crippen molar-refractivity contribution in [3.63, 3.8) is 0 Å². The third-order valence-corrected chi connectivity index (χ3v) is 15.4. The number of nitrogens with zero attached hydrogens (tertiary/aromatic N) is 6. The molecule has 8 rings (SSSR count). The minimum Gasteiger partial charge on any atom is -0.484 e. The number of imidazole rings is 2. The lowest BCUT2D eigenvalue weighted by atomic mass is 10.0. The van der Waals surface area contributed by atoms with Gasteiger partial charge >= 0.3 is 30.6 Å². The highest BCUT2D eigenvalue weighted by atomic mass is 32.2. The van der Waals surface area contributed by atoms with Crippen LogP contribution in [0, 0.1) is 27.7 Å². The van der Waals surface area contributed by atoms with Crippen molar-refractivity contribution in [2.24, 2.45) is 0 Å². The first-order valence-electron chi connectivity index (χ1n) is 24.8. The number of para-hydroxylation sites is 2. The Hall–Kier alpha value is -6.71. The minimum absolute atomic E-state index is 0.0659. The fraction of sp³-hybridized carbons (Fsp3) is 0.471. The maximum absolute atomic E-state index is 13.9. The van der Waals surface area contributed by atoms with Crippen LogP contribution in [0.5, 0.6) is 11.5 Å². The van der Waals surface area contributed by atoms with Crippen molar-refractivity contribution in [3.8, 4) is 11.5 Å². The van der Waals surface area contributed by atoms with Gasteiger partial charge in [0.15, 0.2) is 13.2 Å². The Morgan fingerprint density at radius 1 is 0.641 bits per heavy atom. The number of aryl methyl sites for hydroxylation is 2. The first-order valence-corrected chi connectivity index (χ1v) is 27.4. The summed E-state index contributed by atoms with van der Waals surface area (Å²) in [7, 11) is -3.97. The van der Waals surface area contributed by atoms with Gasteiger partial charge in [0, 0.05) is 62.3 Å². The smallest absolute Gasteiger partial charge is 0.484 e. The zero-order valence-corrected chi connectivity index (χ0v) is 44.4. The lowest BCUT2D eigenvalue weighted by Gasteiger charge is -2.31. The average Bonchev–Trinajstić information content (AvgIpc) is 3.98. The zero-order valence-electron chi connectivity index (χ0n) is 42.7. The highest BCUT2D eigenvalue weighted by Crippen LogP contribution is 2.30. The fourth-order valence-electron chi connectivity index (χ4n) is 9.00. The van der Waals surface area contributed by atoms with E-state index >= 15 is 0 Å². The molecular formula is C51H56F6N8O11S2. The largest absolute Gasteiger partial charge is 0.508 e.